The molecule has 0 aliphatic carbocycles. The number of alkyl halides is 1. The molecule has 0 saturated heterocycles. The van der Waals surface area contributed by atoms with Crippen molar-refractivity contribution >= 4 is 23.2 Å². The summed E-state index contributed by atoms with van der Waals surface area (Å²) in [5.74, 6) is -0.152. The SMILES string of the molecule is Cc1cccc(N(Cn2cnnc2)C(=O)C(C)Cl)c1. The molecule has 0 spiro atoms. The van der Waals surface area contributed by atoms with Crippen molar-refractivity contribution in [3.05, 3.63) is 42.5 Å². The maximum Gasteiger partial charge on any atom is 0.246 e. The number of hydrogen-bond donors (Lipinski definition) is 0. The third-order valence-electron chi connectivity index (χ3n) is 2.69. The maximum absolute atomic E-state index is 12.2. The first-order valence-corrected chi connectivity index (χ1v) is 6.36. The van der Waals surface area contributed by atoms with E-state index in [-0.39, 0.29) is 5.91 Å². The number of anilines is 1. The van der Waals surface area contributed by atoms with Gasteiger partial charge in [0.1, 0.15) is 24.7 Å². The molecule has 100 valence electrons. The van der Waals surface area contributed by atoms with E-state index in [1.54, 1.807) is 29.0 Å². The molecule has 6 heteroatoms. The highest BCUT2D eigenvalue weighted by Gasteiger charge is 2.20. The van der Waals surface area contributed by atoms with Gasteiger partial charge in [-0.2, -0.15) is 0 Å². The highest BCUT2D eigenvalue weighted by Crippen LogP contribution is 2.19. The second-order valence-corrected chi connectivity index (χ2v) is 4.99. The number of carbonyl (C=O) groups excluding carboxylic acids is 1. The molecule has 1 atom stereocenters. The standard InChI is InChI=1S/C13H15ClN4O/c1-10-4-3-5-12(6-10)18(13(19)11(2)14)9-17-7-15-16-8-17/h3-8,11H,9H2,1-2H3. The average Bonchev–Trinajstić information content (AvgIpc) is 2.88. The number of carbonyl (C=O) groups is 1. The molecule has 0 N–H and O–H groups in total. The molecular formula is C13H15ClN4O. The predicted molar refractivity (Wildman–Crippen MR) is 74.0 cm³/mol. The van der Waals surface area contributed by atoms with Gasteiger partial charge in [-0.25, -0.2) is 0 Å². The molecule has 1 unspecified atom stereocenters. The second-order valence-electron chi connectivity index (χ2n) is 4.34. The normalized spacial score (nSPS) is 12.2. The lowest BCUT2D eigenvalue weighted by atomic mass is 10.2. The molecule has 0 aliphatic rings. The number of rotatable bonds is 4. The number of aryl methyl sites for hydroxylation is 1. The smallest absolute Gasteiger partial charge is 0.246 e. The Morgan fingerprint density at radius 2 is 2.11 bits per heavy atom. The summed E-state index contributed by atoms with van der Waals surface area (Å²) in [7, 11) is 0. The summed E-state index contributed by atoms with van der Waals surface area (Å²) in [6.07, 6.45) is 3.13. The molecule has 0 saturated carbocycles. The first-order valence-electron chi connectivity index (χ1n) is 5.92. The van der Waals surface area contributed by atoms with Gasteiger partial charge in [0.2, 0.25) is 5.91 Å². The summed E-state index contributed by atoms with van der Waals surface area (Å²) in [6.45, 7) is 3.99. The minimum Gasteiger partial charge on any atom is -0.301 e. The van der Waals surface area contributed by atoms with Crippen molar-refractivity contribution < 1.29 is 4.79 Å². The van der Waals surface area contributed by atoms with Gasteiger partial charge in [0.15, 0.2) is 0 Å². The van der Waals surface area contributed by atoms with Gasteiger partial charge in [0.05, 0.1) is 0 Å². The number of halogens is 1. The fourth-order valence-electron chi connectivity index (χ4n) is 1.75. The number of amides is 1. The zero-order valence-corrected chi connectivity index (χ0v) is 11.6. The van der Waals surface area contributed by atoms with E-state index in [0.29, 0.717) is 6.67 Å². The number of hydrogen-bond acceptors (Lipinski definition) is 3. The number of nitrogens with zero attached hydrogens (tertiary/aromatic N) is 4. The van der Waals surface area contributed by atoms with Crippen LogP contribution < -0.4 is 4.90 Å². The largest absolute Gasteiger partial charge is 0.301 e. The molecule has 19 heavy (non-hydrogen) atoms. The topological polar surface area (TPSA) is 51.0 Å². The molecule has 0 fully saturated rings. The second kappa shape index (κ2) is 5.84. The third kappa shape index (κ3) is 3.32. The Morgan fingerprint density at radius 1 is 1.42 bits per heavy atom. The highest BCUT2D eigenvalue weighted by molar-refractivity contribution is 6.32. The summed E-state index contributed by atoms with van der Waals surface area (Å²) < 4.78 is 1.72. The highest BCUT2D eigenvalue weighted by atomic mass is 35.5. The van der Waals surface area contributed by atoms with Crippen molar-refractivity contribution in [1.82, 2.24) is 14.8 Å². The molecular weight excluding hydrogens is 264 g/mol. The van der Waals surface area contributed by atoms with Crippen LogP contribution >= 0.6 is 11.6 Å². The number of aromatic nitrogens is 3. The van der Waals surface area contributed by atoms with E-state index >= 15 is 0 Å². The molecule has 5 nitrogen and oxygen atoms in total. The molecule has 0 bridgehead atoms. The van der Waals surface area contributed by atoms with Crippen LogP contribution in [0.25, 0.3) is 0 Å². The van der Waals surface area contributed by atoms with Crippen LogP contribution in [0.4, 0.5) is 5.69 Å². The zero-order chi connectivity index (χ0) is 13.8. The molecule has 0 radical (unpaired) electrons. The lowest BCUT2D eigenvalue weighted by molar-refractivity contribution is -0.118. The van der Waals surface area contributed by atoms with Gasteiger partial charge in [0.25, 0.3) is 0 Å². The maximum atomic E-state index is 12.2. The van der Waals surface area contributed by atoms with Crippen molar-refractivity contribution in [3.8, 4) is 0 Å². The zero-order valence-electron chi connectivity index (χ0n) is 10.8. The predicted octanol–water partition coefficient (Wildman–Crippen LogP) is 2.20. The Hall–Kier alpha value is -1.88. The molecule has 1 amide bonds. The Labute approximate surface area is 116 Å². The molecule has 2 aromatic rings. The van der Waals surface area contributed by atoms with E-state index in [4.69, 9.17) is 11.6 Å². The van der Waals surface area contributed by atoms with Gasteiger partial charge in [0, 0.05) is 5.69 Å². The van der Waals surface area contributed by atoms with Crippen LogP contribution in [0.2, 0.25) is 0 Å². The lowest BCUT2D eigenvalue weighted by Gasteiger charge is -2.24. The molecule has 2 rings (SSSR count). The molecule has 0 aliphatic heterocycles. The van der Waals surface area contributed by atoms with Crippen molar-refractivity contribution in [2.75, 3.05) is 4.90 Å². The minimum absolute atomic E-state index is 0.152. The fourth-order valence-corrected chi connectivity index (χ4v) is 1.87. The van der Waals surface area contributed by atoms with Crippen molar-refractivity contribution in [2.45, 2.75) is 25.9 Å². The van der Waals surface area contributed by atoms with Crippen molar-refractivity contribution in [1.29, 1.82) is 0 Å². The van der Waals surface area contributed by atoms with Crippen LogP contribution in [0.5, 0.6) is 0 Å². The van der Waals surface area contributed by atoms with E-state index < -0.39 is 5.38 Å². The summed E-state index contributed by atoms with van der Waals surface area (Å²) in [5.41, 5.74) is 1.90. The Kier molecular flexibility index (Phi) is 4.16. The molecule has 1 heterocycles. The Morgan fingerprint density at radius 3 is 2.68 bits per heavy atom. The third-order valence-corrected chi connectivity index (χ3v) is 2.88. The van der Waals surface area contributed by atoms with E-state index in [2.05, 4.69) is 10.2 Å². The van der Waals surface area contributed by atoms with Crippen LogP contribution in [-0.2, 0) is 11.5 Å². The van der Waals surface area contributed by atoms with E-state index in [1.165, 1.54) is 0 Å². The fraction of sp³-hybridized carbons (Fsp3) is 0.308. The summed E-state index contributed by atoms with van der Waals surface area (Å²) >= 11 is 5.92. The van der Waals surface area contributed by atoms with Gasteiger partial charge in [-0.05, 0) is 31.5 Å². The average molecular weight is 279 g/mol. The lowest BCUT2D eigenvalue weighted by Crippen LogP contribution is -2.37. The van der Waals surface area contributed by atoms with Crippen LogP contribution in [0.15, 0.2) is 36.9 Å². The van der Waals surface area contributed by atoms with Crippen molar-refractivity contribution in [3.63, 3.8) is 0 Å². The van der Waals surface area contributed by atoms with Crippen molar-refractivity contribution in [2.24, 2.45) is 0 Å². The summed E-state index contributed by atoms with van der Waals surface area (Å²) in [4.78, 5) is 13.8. The van der Waals surface area contributed by atoms with E-state index in [9.17, 15) is 4.79 Å². The van der Waals surface area contributed by atoms with E-state index in [0.717, 1.165) is 11.3 Å². The first kappa shape index (κ1) is 13.5. The molecule has 1 aromatic heterocycles. The minimum atomic E-state index is -0.586. The molecule has 1 aromatic carbocycles. The van der Waals surface area contributed by atoms with E-state index in [1.807, 2.05) is 31.2 Å². The monoisotopic (exact) mass is 278 g/mol. The number of benzene rings is 1. The van der Waals surface area contributed by atoms with Gasteiger partial charge in [-0.3, -0.25) is 9.69 Å². The van der Waals surface area contributed by atoms with Gasteiger partial charge < -0.3 is 4.57 Å². The quantitative estimate of drug-likeness (QED) is 0.806. The summed E-state index contributed by atoms with van der Waals surface area (Å²) in [6, 6.07) is 7.72. The summed E-state index contributed by atoms with van der Waals surface area (Å²) in [5, 5.41) is 6.88. The van der Waals surface area contributed by atoms with Crippen LogP contribution in [0, 0.1) is 6.92 Å². The first-order chi connectivity index (χ1) is 9.08. The van der Waals surface area contributed by atoms with Crippen LogP contribution in [0.1, 0.15) is 12.5 Å². The van der Waals surface area contributed by atoms with Gasteiger partial charge >= 0.3 is 0 Å². The van der Waals surface area contributed by atoms with Crippen LogP contribution in [-0.4, -0.2) is 26.0 Å². The van der Waals surface area contributed by atoms with Gasteiger partial charge in [-0.15, -0.1) is 21.8 Å². The Bertz CT molecular complexity index is 554. The van der Waals surface area contributed by atoms with Crippen LogP contribution in [0.3, 0.4) is 0 Å². The van der Waals surface area contributed by atoms with Gasteiger partial charge in [-0.1, -0.05) is 12.1 Å². The Balaban J connectivity index is 2.31.